The van der Waals surface area contributed by atoms with Crippen molar-refractivity contribution in [2.24, 2.45) is 5.11 Å². The molecular formula is C8H13N3O3. The summed E-state index contributed by atoms with van der Waals surface area (Å²) in [5.74, 6) is 0. The molecular weight excluding hydrogens is 186 g/mol. The van der Waals surface area contributed by atoms with Crippen LogP contribution in [0.5, 0.6) is 0 Å². The first kappa shape index (κ1) is 11.0. The molecule has 0 aromatic carbocycles. The van der Waals surface area contributed by atoms with Crippen LogP contribution in [0.2, 0.25) is 0 Å². The lowest BCUT2D eigenvalue weighted by Gasteiger charge is -2.27. The summed E-state index contributed by atoms with van der Waals surface area (Å²) >= 11 is 0. The second-order valence-corrected chi connectivity index (χ2v) is 2.96. The van der Waals surface area contributed by atoms with Gasteiger partial charge >= 0.3 is 0 Å². The predicted octanol–water partition coefficient (Wildman–Crippen LogP) is 0.975. The minimum absolute atomic E-state index is 0.106. The van der Waals surface area contributed by atoms with E-state index in [4.69, 9.17) is 15.0 Å². The molecule has 1 aliphatic rings. The molecule has 0 radical (unpaired) electrons. The van der Waals surface area contributed by atoms with Gasteiger partial charge in [-0.2, -0.15) is 0 Å². The highest BCUT2D eigenvalue weighted by Crippen LogP contribution is 2.18. The first-order valence-corrected chi connectivity index (χ1v) is 4.29. The van der Waals surface area contributed by atoms with Crippen LogP contribution in [0, 0.1) is 0 Å². The molecule has 3 atom stereocenters. The Kier molecular flexibility index (Phi) is 4.42. The standard InChI is InChI=1S/C8H13N3O3/c1-13-5-14-7-4-2-3-6(8(7)12)10-11-9/h2,4,6-8,12H,3,5H2,1H3/t6-,7+,8+/m1/s1. The lowest BCUT2D eigenvalue weighted by molar-refractivity contribution is -0.0997. The molecule has 0 amide bonds. The number of nitrogens with zero attached hydrogens (tertiary/aromatic N) is 3. The quantitative estimate of drug-likeness (QED) is 0.240. The summed E-state index contributed by atoms with van der Waals surface area (Å²) in [7, 11) is 1.50. The van der Waals surface area contributed by atoms with Crippen molar-refractivity contribution in [2.75, 3.05) is 13.9 Å². The van der Waals surface area contributed by atoms with Crippen LogP contribution in [0.1, 0.15) is 6.42 Å². The number of hydrogen-bond acceptors (Lipinski definition) is 4. The molecule has 0 aromatic heterocycles. The summed E-state index contributed by atoms with van der Waals surface area (Å²) in [5.41, 5.74) is 8.26. The molecule has 0 aliphatic heterocycles. The average molecular weight is 199 g/mol. The van der Waals surface area contributed by atoms with Crippen LogP contribution in [0.3, 0.4) is 0 Å². The van der Waals surface area contributed by atoms with Gasteiger partial charge in [0, 0.05) is 12.0 Å². The Bertz CT molecular complexity index is 250. The molecule has 1 aliphatic carbocycles. The summed E-state index contributed by atoms with van der Waals surface area (Å²) < 4.78 is 9.90. The van der Waals surface area contributed by atoms with Gasteiger partial charge in [-0.05, 0) is 12.0 Å². The molecule has 0 bridgehead atoms. The zero-order valence-electron chi connectivity index (χ0n) is 7.91. The van der Waals surface area contributed by atoms with Crippen LogP contribution in [0.4, 0.5) is 0 Å². The maximum absolute atomic E-state index is 9.69. The van der Waals surface area contributed by atoms with E-state index in [-0.39, 0.29) is 6.79 Å². The molecule has 1 rings (SSSR count). The molecule has 0 saturated heterocycles. The van der Waals surface area contributed by atoms with Gasteiger partial charge in [-0.1, -0.05) is 17.3 Å². The van der Waals surface area contributed by atoms with E-state index in [0.29, 0.717) is 6.42 Å². The number of aliphatic hydroxyl groups excluding tert-OH is 1. The maximum Gasteiger partial charge on any atom is 0.147 e. The van der Waals surface area contributed by atoms with E-state index < -0.39 is 18.2 Å². The van der Waals surface area contributed by atoms with Crippen LogP contribution < -0.4 is 0 Å². The van der Waals surface area contributed by atoms with Gasteiger partial charge in [-0.3, -0.25) is 0 Å². The molecule has 78 valence electrons. The maximum atomic E-state index is 9.69. The molecule has 6 nitrogen and oxygen atoms in total. The van der Waals surface area contributed by atoms with Crippen molar-refractivity contribution in [3.8, 4) is 0 Å². The van der Waals surface area contributed by atoms with Crippen molar-refractivity contribution in [1.29, 1.82) is 0 Å². The van der Waals surface area contributed by atoms with Gasteiger partial charge in [0.25, 0.3) is 0 Å². The van der Waals surface area contributed by atoms with Crippen molar-refractivity contribution in [3.63, 3.8) is 0 Å². The van der Waals surface area contributed by atoms with E-state index in [1.54, 1.807) is 6.08 Å². The van der Waals surface area contributed by atoms with Gasteiger partial charge in [0.2, 0.25) is 0 Å². The lowest BCUT2D eigenvalue weighted by atomic mass is 9.97. The molecule has 0 aromatic rings. The normalized spacial score (nSPS) is 31.1. The van der Waals surface area contributed by atoms with Gasteiger partial charge in [-0.25, -0.2) is 0 Å². The average Bonchev–Trinajstić information content (AvgIpc) is 2.20. The molecule has 0 heterocycles. The van der Waals surface area contributed by atoms with Crippen molar-refractivity contribution in [2.45, 2.75) is 24.7 Å². The fraction of sp³-hybridized carbons (Fsp3) is 0.750. The zero-order chi connectivity index (χ0) is 10.4. The van der Waals surface area contributed by atoms with E-state index in [1.165, 1.54) is 7.11 Å². The SMILES string of the molecule is COCO[C@H]1C=CC[C@@H](N=[N+]=[N-])[C@@H]1O. The molecule has 0 unspecified atom stereocenters. The highest BCUT2D eigenvalue weighted by Gasteiger charge is 2.28. The van der Waals surface area contributed by atoms with Gasteiger partial charge in [-0.15, -0.1) is 0 Å². The summed E-state index contributed by atoms with van der Waals surface area (Å²) in [6.45, 7) is 0.106. The van der Waals surface area contributed by atoms with Crippen LogP contribution in [-0.4, -0.2) is 37.3 Å². The molecule has 0 saturated carbocycles. The Morgan fingerprint density at radius 1 is 1.71 bits per heavy atom. The number of ether oxygens (including phenoxy) is 2. The molecule has 6 heteroatoms. The molecule has 14 heavy (non-hydrogen) atoms. The highest BCUT2D eigenvalue weighted by atomic mass is 16.7. The van der Waals surface area contributed by atoms with E-state index in [0.717, 1.165) is 0 Å². The largest absolute Gasteiger partial charge is 0.390 e. The Morgan fingerprint density at radius 2 is 2.50 bits per heavy atom. The first-order chi connectivity index (χ1) is 6.79. The third kappa shape index (κ3) is 2.71. The zero-order valence-corrected chi connectivity index (χ0v) is 7.91. The number of aliphatic hydroxyl groups is 1. The summed E-state index contributed by atoms with van der Waals surface area (Å²) in [6.07, 6.45) is 2.85. The van der Waals surface area contributed by atoms with Crippen molar-refractivity contribution in [3.05, 3.63) is 22.6 Å². The van der Waals surface area contributed by atoms with Crippen molar-refractivity contribution >= 4 is 0 Å². The Labute approximate surface area is 81.8 Å². The summed E-state index contributed by atoms with van der Waals surface area (Å²) in [4.78, 5) is 2.67. The van der Waals surface area contributed by atoms with Gasteiger partial charge in [0.1, 0.15) is 12.9 Å². The van der Waals surface area contributed by atoms with E-state index in [2.05, 4.69) is 10.0 Å². The lowest BCUT2D eigenvalue weighted by Crippen LogP contribution is -2.39. The number of azide groups is 1. The minimum atomic E-state index is -0.800. The molecule has 1 N–H and O–H groups in total. The minimum Gasteiger partial charge on any atom is -0.390 e. The topological polar surface area (TPSA) is 87.5 Å². The van der Waals surface area contributed by atoms with Crippen LogP contribution in [0.15, 0.2) is 17.3 Å². The fourth-order valence-corrected chi connectivity index (χ4v) is 1.31. The van der Waals surface area contributed by atoms with Gasteiger partial charge < -0.3 is 14.6 Å². The van der Waals surface area contributed by atoms with E-state index in [1.807, 2.05) is 6.08 Å². The van der Waals surface area contributed by atoms with Gasteiger partial charge in [0.05, 0.1) is 12.1 Å². The van der Waals surface area contributed by atoms with Gasteiger partial charge in [0.15, 0.2) is 0 Å². The predicted molar refractivity (Wildman–Crippen MR) is 49.4 cm³/mol. The van der Waals surface area contributed by atoms with Crippen molar-refractivity contribution < 1.29 is 14.6 Å². The first-order valence-electron chi connectivity index (χ1n) is 4.29. The number of hydrogen-bond donors (Lipinski definition) is 1. The third-order valence-electron chi connectivity index (χ3n) is 2.01. The smallest absolute Gasteiger partial charge is 0.147 e. The van der Waals surface area contributed by atoms with Crippen LogP contribution in [0.25, 0.3) is 10.4 Å². The molecule has 0 spiro atoms. The fourth-order valence-electron chi connectivity index (χ4n) is 1.31. The summed E-state index contributed by atoms with van der Waals surface area (Å²) in [6, 6.07) is -0.452. The van der Waals surface area contributed by atoms with Crippen LogP contribution >= 0.6 is 0 Å². The number of methoxy groups -OCH3 is 1. The third-order valence-corrected chi connectivity index (χ3v) is 2.01. The van der Waals surface area contributed by atoms with Crippen LogP contribution in [-0.2, 0) is 9.47 Å². The summed E-state index contributed by atoms with van der Waals surface area (Å²) in [5, 5.41) is 13.2. The molecule has 0 fully saturated rings. The second-order valence-electron chi connectivity index (χ2n) is 2.96. The Balaban J connectivity index is 2.55. The number of rotatable bonds is 4. The Morgan fingerprint density at radius 3 is 3.14 bits per heavy atom. The van der Waals surface area contributed by atoms with Crippen molar-refractivity contribution in [1.82, 2.24) is 0 Å². The monoisotopic (exact) mass is 199 g/mol. The van der Waals surface area contributed by atoms with E-state index in [9.17, 15) is 5.11 Å². The van der Waals surface area contributed by atoms with E-state index >= 15 is 0 Å². The highest BCUT2D eigenvalue weighted by molar-refractivity contribution is 5.05. The Hall–Kier alpha value is -1.07. The second kappa shape index (κ2) is 5.62.